The fourth-order valence-corrected chi connectivity index (χ4v) is 3.02. The van der Waals surface area contributed by atoms with Crippen molar-refractivity contribution in [1.29, 1.82) is 0 Å². The molecule has 1 aliphatic rings. The number of nitrogens with one attached hydrogen (secondary N) is 1. The molecule has 0 saturated heterocycles. The molecule has 1 aliphatic heterocycles. The normalized spacial score (nSPS) is 15.2. The highest BCUT2D eigenvalue weighted by atomic mass is 35.5. The molecule has 1 heterocycles. The van der Waals surface area contributed by atoms with Crippen LogP contribution in [0, 0.1) is 0 Å². The Labute approximate surface area is 168 Å². The number of hydrogen-bond acceptors (Lipinski definition) is 4. The van der Waals surface area contributed by atoms with Crippen LogP contribution in [0.4, 0.5) is 0 Å². The molecule has 8 heteroatoms. The van der Waals surface area contributed by atoms with Gasteiger partial charge in [0.1, 0.15) is 0 Å². The molecule has 0 spiro atoms. The number of amides is 2. The van der Waals surface area contributed by atoms with E-state index in [-0.39, 0.29) is 36.9 Å². The van der Waals surface area contributed by atoms with Crippen LogP contribution < -0.4 is 5.32 Å². The molecule has 1 aromatic carbocycles. The van der Waals surface area contributed by atoms with E-state index >= 15 is 0 Å². The third-order valence-electron chi connectivity index (χ3n) is 4.30. The van der Waals surface area contributed by atoms with Crippen LogP contribution in [0.5, 0.6) is 0 Å². The fourth-order valence-electron chi connectivity index (χ4n) is 2.70. The van der Waals surface area contributed by atoms with Gasteiger partial charge in [0.15, 0.2) is 5.76 Å². The van der Waals surface area contributed by atoms with Gasteiger partial charge in [-0.3, -0.25) is 9.59 Å². The highest BCUT2D eigenvalue weighted by molar-refractivity contribution is 6.42. The minimum absolute atomic E-state index is 0.00327. The van der Waals surface area contributed by atoms with Gasteiger partial charge in [-0.2, -0.15) is 0 Å². The predicted molar refractivity (Wildman–Crippen MR) is 105 cm³/mol. The highest BCUT2D eigenvalue weighted by Crippen LogP contribution is 2.23. The maximum atomic E-state index is 12.4. The van der Waals surface area contributed by atoms with Crippen LogP contribution in [-0.4, -0.2) is 46.1 Å². The van der Waals surface area contributed by atoms with Crippen LogP contribution in [0.2, 0.25) is 10.0 Å². The molecule has 0 bridgehead atoms. The summed E-state index contributed by atoms with van der Waals surface area (Å²) in [6.45, 7) is 5.39. The number of aryl methyl sites for hydroxylation is 1. The molecule has 146 valence electrons. The Morgan fingerprint density at radius 2 is 2.07 bits per heavy atom. The minimum atomic E-state index is -0.621. The van der Waals surface area contributed by atoms with Gasteiger partial charge in [0.2, 0.25) is 0 Å². The molecule has 6 nitrogen and oxygen atoms in total. The summed E-state index contributed by atoms with van der Waals surface area (Å²) in [5.41, 5.74) is 1.03. The summed E-state index contributed by atoms with van der Waals surface area (Å²) < 4.78 is 0. The molecule has 0 aliphatic carbocycles. The summed E-state index contributed by atoms with van der Waals surface area (Å²) in [5.74, 6) is -1.71. The van der Waals surface area contributed by atoms with Crippen molar-refractivity contribution in [3.8, 4) is 0 Å². The van der Waals surface area contributed by atoms with Crippen molar-refractivity contribution in [3.63, 3.8) is 0 Å². The van der Waals surface area contributed by atoms with E-state index in [1.165, 1.54) is 4.90 Å². The Morgan fingerprint density at radius 3 is 2.70 bits per heavy atom. The zero-order chi connectivity index (χ0) is 20.1. The SMILES string of the molecule is C=C(O)CCN1CC(C(=O)NC(C)CCc2ccc(Cl)c(Cl)c2)=C(O)C1=O. The average molecular weight is 413 g/mol. The maximum absolute atomic E-state index is 12.4. The lowest BCUT2D eigenvalue weighted by molar-refractivity contribution is -0.127. The molecular formula is C19H22Cl2N2O4. The summed E-state index contributed by atoms with van der Waals surface area (Å²) in [7, 11) is 0. The quantitative estimate of drug-likeness (QED) is 0.569. The molecular weight excluding hydrogens is 391 g/mol. The number of aliphatic hydroxyl groups excluding tert-OH is 2. The number of hydrogen-bond donors (Lipinski definition) is 3. The van der Waals surface area contributed by atoms with Gasteiger partial charge >= 0.3 is 0 Å². The van der Waals surface area contributed by atoms with Crippen molar-refractivity contribution < 1.29 is 19.8 Å². The summed E-state index contributed by atoms with van der Waals surface area (Å²) in [4.78, 5) is 25.7. The van der Waals surface area contributed by atoms with E-state index in [1.54, 1.807) is 12.1 Å². The lowest BCUT2D eigenvalue weighted by Crippen LogP contribution is -2.36. The van der Waals surface area contributed by atoms with E-state index in [0.717, 1.165) is 5.56 Å². The van der Waals surface area contributed by atoms with Crippen molar-refractivity contribution >= 4 is 35.0 Å². The zero-order valence-corrected chi connectivity index (χ0v) is 16.5. The summed E-state index contributed by atoms with van der Waals surface area (Å²) in [5, 5.41) is 22.9. The van der Waals surface area contributed by atoms with E-state index in [0.29, 0.717) is 22.9 Å². The Morgan fingerprint density at radius 1 is 1.37 bits per heavy atom. The molecule has 0 saturated carbocycles. The standard InChI is InChI=1S/C19H22Cl2N2O4/c1-11(3-4-13-5-6-15(20)16(21)9-13)22-18(26)14-10-23(8-7-12(2)24)19(27)17(14)25/h5-6,9,11,24-25H,2-4,7-8,10H2,1H3,(H,22,26). The third kappa shape index (κ3) is 5.65. The Hall–Kier alpha value is -2.18. The summed E-state index contributed by atoms with van der Waals surface area (Å²) in [6, 6.07) is 5.22. The Balaban J connectivity index is 1.88. The first-order valence-electron chi connectivity index (χ1n) is 8.52. The molecule has 0 radical (unpaired) electrons. The molecule has 0 fully saturated rings. The smallest absolute Gasteiger partial charge is 0.289 e. The van der Waals surface area contributed by atoms with Crippen LogP contribution in [0.1, 0.15) is 25.3 Å². The largest absolute Gasteiger partial charge is 0.513 e. The minimum Gasteiger partial charge on any atom is -0.513 e. The van der Waals surface area contributed by atoms with E-state index in [1.807, 2.05) is 13.0 Å². The lowest BCUT2D eigenvalue weighted by Gasteiger charge is -2.17. The van der Waals surface area contributed by atoms with Crippen LogP contribution in [0.25, 0.3) is 0 Å². The Bertz CT molecular complexity index is 792. The van der Waals surface area contributed by atoms with Crippen LogP contribution in [0.15, 0.2) is 41.9 Å². The molecule has 2 rings (SSSR count). The van der Waals surface area contributed by atoms with Gasteiger partial charge in [-0.1, -0.05) is 35.8 Å². The first kappa shape index (κ1) is 21.1. The van der Waals surface area contributed by atoms with Gasteiger partial charge in [0.25, 0.3) is 11.8 Å². The van der Waals surface area contributed by atoms with Crippen molar-refractivity contribution in [2.75, 3.05) is 13.1 Å². The van der Waals surface area contributed by atoms with Crippen molar-refractivity contribution in [1.82, 2.24) is 10.2 Å². The molecule has 1 unspecified atom stereocenters. The highest BCUT2D eigenvalue weighted by Gasteiger charge is 2.34. The van der Waals surface area contributed by atoms with Crippen LogP contribution >= 0.6 is 23.2 Å². The van der Waals surface area contributed by atoms with Crippen LogP contribution in [-0.2, 0) is 16.0 Å². The molecule has 0 aromatic heterocycles. The maximum Gasteiger partial charge on any atom is 0.289 e. The van der Waals surface area contributed by atoms with Gasteiger partial charge in [-0.25, -0.2) is 0 Å². The monoisotopic (exact) mass is 412 g/mol. The summed E-state index contributed by atoms with van der Waals surface area (Å²) >= 11 is 11.9. The van der Waals surface area contributed by atoms with Gasteiger partial charge in [-0.15, -0.1) is 0 Å². The number of rotatable bonds is 8. The second-order valence-electron chi connectivity index (χ2n) is 6.53. The number of halogens is 2. The van der Waals surface area contributed by atoms with Crippen molar-refractivity contribution in [2.45, 2.75) is 32.2 Å². The first-order valence-corrected chi connectivity index (χ1v) is 9.27. The van der Waals surface area contributed by atoms with E-state index in [4.69, 9.17) is 28.3 Å². The fraction of sp³-hybridized carbons (Fsp3) is 0.368. The molecule has 2 amide bonds. The summed E-state index contributed by atoms with van der Waals surface area (Å²) in [6.07, 6.45) is 1.53. The molecule has 1 atom stereocenters. The average Bonchev–Trinajstić information content (AvgIpc) is 2.89. The van der Waals surface area contributed by atoms with Crippen LogP contribution in [0.3, 0.4) is 0 Å². The number of benzene rings is 1. The van der Waals surface area contributed by atoms with E-state index in [9.17, 15) is 14.7 Å². The lowest BCUT2D eigenvalue weighted by atomic mass is 10.1. The number of carbonyl (C=O) groups is 2. The van der Waals surface area contributed by atoms with E-state index in [2.05, 4.69) is 11.9 Å². The van der Waals surface area contributed by atoms with Crippen molar-refractivity contribution in [2.24, 2.45) is 0 Å². The second-order valence-corrected chi connectivity index (χ2v) is 7.35. The third-order valence-corrected chi connectivity index (χ3v) is 5.04. The molecule has 27 heavy (non-hydrogen) atoms. The second kappa shape index (κ2) is 9.15. The van der Waals surface area contributed by atoms with E-state index < -0.39 is 17.6 Å². The number of carbonyl (C=O) groups excluding carboxylic acids is 2. The zero-order valence-electron chi connectivity index (χ0n) is 15.0. The molecule has 3 N–H and O–H groups in total. The predicted octanol–water partition coefficient (Wildman–Crippen LogP) is 3.55. The number of aliphatic hydroxyl groups is 2. The van der Waals surface area contributed by atoms with Gasteiger partial charge < -0.3 is 20.4 Å². The van der Waals surface area contributed by atoms with Gasteiger partial charge in [0, 0.05) is 19.0 Å². The van der Waals surface area contributed by atoms with Crippen molar-refractivity contribution in [3.05, 3.63) is 57.5 Å². The van der Waals surface area contributed by atoms with Gasteiger partial charge in [0.05, 0.1) is 27.9 Å². The molecule has 1 aromatic rings. The topological polar surface area (TPSA) is 89.9 Å². The number of nitrogens with zero attached hydrogens (tertiary/aromatic N) is 1. The van der Waals surface area contributed by atoms with Gasteiger partial charge in [-0.05, 0) is 37.5 Å². The first-order chi connectivity index (χ1) is 12.7. The Kier molecular flexibility index (Phi) is 7.16.